The average Bonchev–Trinajstić information content (AvgIpc) is 2.27. The van der Waals surface area contributed by atoms with Crippen molar-refractivity contribution in [3.8, 4) is 0 Å². The molecule has 0 spiro atoms. The van der Waals surface area contributed by atoms with Gasteiger partial charge in [0.15, 0.2) is 0 Å². The Hall–Kier alpha value is -0.0400. The number of methoxy groups -OCH3 is 1. The molecule has 90 valence electrons. The zero-order valence-electron chi connectivity index (χ0n) is 11.2. The summed E-state index contributed by atoms with van der Waals surface area (Å²) in [6.07, 6.45) is 6.46. The quantitative estimate of drug-likeness (QED) is 0.676. The van der Waals surface area contributed by atoms with Crippen LogP contribution < -0.4 is 0 Å². The van der Waals surface area contributed by atoms with Crippen LogP contribution >= 0.6 is 0 Å². The zero-order chi connectivity index (χ0) is 11.5. The molecule has 1 saturated carbocycles. The second-order valence-electron chi connectivity index (χ2n) is 5.50. The minimum Gasteiger partial charge on any atom is -0.378 e. The van der Waals surface area contributed by atoms with E-state index in [0.717, 1.165) is 17.8 Å². The molecule has 1 aliphatic rings. The summed E-state index contributed by atoms with van der Waals surface area (Å²) in [6, 6.07) is 0. The van der Waals surface area contributed by atoms with Crippen LogP contribution in [0.25, 0.3) is 0 Å². The molecule has 0 aromatic carbocycles. The van der Waals surface area contributed by atoms with Crippen molar-refractivity contribution in [1.82, 2.24) is 0 Å². The fourth-order valence-corrected chi connectivity index (χ4v) is 3.44. The second kappa shape index (κ2) is 5.34. The van der Waals surface area contributed by atoms with E-state index in [1.807, 2.05) is 7.11 Å². The summed E-state index contributed by atoms with van der Waals surface area (Å²) in [6.45, 7) is 9.36. The van der Waals surface area contributed by atoms with Gasteiger partial charge in [-0.05, 0) is 37.0 Å². The maximum Gasteiger partial charge on any atom is 0.0709 e. The average molecular weight is 212 g/mol. The van der Waals surface area contributed by atoms with E-state index in [0.29, 0.717) is 0 Å². The highest BCUT2D eigenvalue weighted by Crippen LogP contribution is 2.45. The summed E-state index contributed by atoms with van der Waals surface area (Å²) in [5, 5.41) is 0. The Morgan fingerprint density at radius 1 is 1.33 bits per heavy atom. The first-order valence-corrected chi connectivity index (χ1v) is 6.64. The van der Waals surface area contributed by atoms with Gasteiger partial charge in [-0.1, -0.05) is 40.5 Å². The van der Waals surface area contributed by atoms with Gasteiger partial charge in [0.1, 0.15) is 0 Å². The normalized spacial score (nSPS) is 39.0. The van der Waals surface area contributed by atoms with Crippen molar-refractivity contribution in [3.05, 3.63) is 0 Å². The smallest absolute Gasteiger partial charge is 0.0709 e. The van der Waals surface area contributed by atoms with E-state index >= 15 is 0 Å². The third-order valence-electron chi connectivity index (χ3n) is 4.68. The first-order chi connectivity index (χ1) is 7.09. The van der Waals surface area contributed by atoms with Gasteiger partial charge in [-0.15, -0.1) is 0 Å². The lowest BCUT2D eigenvalue weighted by atomic mass is 9.65. The van der Waals surface area contributed by atoms with Crippen LogP contribution in [0.2, 0.25) is 0 Å². The van der Waals surface area contributed by atoms with Crippen molar-refractivity contribution in [2.24, 2.45) is 17.8 Å². The van der Waals surface area contributed by atoms with Gasteiger partial charge in [0.25, 0.3) is 0 Å². The molecule has 1 aliphatic carbocycles. The van der Waals surface area contributed by atoms with Crippen LogP contribution in [0.3, 0.4) is 0 Å². The maximum absolute atomic E-state index is 5.93. The summed E-state index contributed by atoms with van der Waals surface area (Å²) in [5.74, 6) is 2.41. The van der Waals surface area contributed by atoms with Gasteiger partial charge in [-0.25, -0.2) is 0 Å². The Labute approximate surface area is 95.6 Å². The summed E-state index contributed by atoms with van der Waals surface area (Å²) in [7, 11) is 1.91. The lowest BCUT2D eigenvalue weighted by Gasteiger charge is -2.47. The van der Waals surface area contributed by atoms with E-state index in [1.54, 1.807) is 0 Å². The van der Waals surface area contributed by atoms with Crippen molar-refractivity contribution < 1.29 is 4.74 Å². The maximum atomic E-state index is 5.93. The molecular formula is C14H28O. The predicted octanol–water partition coefficient (Wildman–Crippen LogP) is 4.26. The molecule has 0 aromatic rings. The first-order valence-electron chi connectivity index (χ1n) is 6.64. The molecule has 0 aliphatic heterocycles. The molecule has 15 heavy (non-hydrogen) atoms. The van der Waals surface area contributed by atoms with Crippen LogP contribution in [-0.4, -0.2) is 12.7 Å². The van der Waals surface area contributed by atoms with Gasteiger partial charge in [0.05, 0.1) is 5.60 Å². The molecule has 1 nitrogen and oxygen atoms in total. The fraction of sp³-hybridized carbons (Fsp3) is 1.00. The standard InChI is InChI=1S/C14H28O/c1-6-12(4)13-9-8-11(3)10-14(13,7-2)15-5/h11-13H,6-10H2,1-5H3. The zero-order valence-corrected chi connectivity index (χ0v) is 11.2. The van der Waals surface area contributed by atoms with E-state index in [2.05, 4.69) is 27.7 Å². The van der Waals surface area contributed by atoms with Gasteiger partial charge in [-0.2, -0.15) is 0 Å². The molecule has 1 fully saturated rings. The molecule has 0 heterocycles. The molecule has 1 rings (SSSR count). The minimum absolute atomic E-state index is 0.174. The third-order valence-corrected chi connectivity index (χ3v) is 4.68. The number of hydrogen-bond acceptors (Lipinski definition) is 1. The first kappa shape index (κ1) is 13.0. The van der Waals surface area contributed by atoms with Gasteiger partial charge in [0, 0.05) is 7.11 Å². The number of ether oxygens (including phenoxy) is 1. The molecule has 0 bridgehead atoms. The monoisotopic (exact) mass is 212 g/mol. The molecule has 4 atom stereocenters. The molecule has 0 N–H and O–H groups in total. The van der Waals surface area contributed by atoms with Crippen LogP contribution in [0.4, 0.5) is 0 Å². The Morgan fingerprint density at radius 2 is 2.00 bits per heavy atom. The lowest BCUT2D eigenvalue weighted by Crippen LogP contribution is -2.47. The lowest BCUT2D eigenvalue weighted by molar-refractivity contribution is -0.114. The Bertz CT molecular complexity index is 184. The molecule has 0 amide bonds. The van der Waals surface area contributed by atoms with Gasteiger partial charge >= 0.3 is 0 Å². The van der Waals surface area contributed by atoms with E-state index in [1.165, 1.54) is 32.1 Å². The van der Waals surface area contributed by atoms with E-state index in [9.17, 15) is 0 Å². The van der Waals surface area contributed by atoms with Crippen molar-refractivity contribution in [2.75, 3.05) is 7.11 Å². The highest BCUT2D eigenvalue weighted by molar-refractivity contribution is 4.94. The van der Waals surface area contributed by atoms with E-state index < -0.39 is 0 Å². The van der Waals surface area contributed by atoms with Gasteiger partial charge < -0.3 is 4.74 Å². The number of rotatable bonds is 4. The van der Waals surface area contributed by atoms with Crippen LogP contribution in [0.5, 0.6) is 0 Å². The molecule has 1 heteroatoms. The largest absolute Gasteiger partial charge is 0.378 e. The Balaban J connectivity index is 2.82. The van der Waals surface area contributed by atoms with Crippen LogP contribution in [0.15, 0.2) is 0 Å². The van der Waals surface area contributed by atoms with Crippen molar-refractivity contribution in [3.63, 3.8) is 0 Å². The molecule has 0 radical (unpaired) electrons. The molecule has 0 saturated heterocycles. The summed E-state index contributed by atoms with van der Waals surface area (Å²) >= 11 is 0. The topological polar surface area (TPSA) is 9.23 Å². The molecular weight excluding hydrogens is 184 g/mol. The molecule has 4 unspecified atom stereocenters. The number of hydrogen-bond donors (Lipinski definition) is 0. The van der Waals surface area contributed by atoms with E-state index in [-0.39, 0.29) is 5.60 Å². The fourth-order valence-electron chi connectivity index (χ4n) is 3.44. The Morgan fingerprint density at radius 3 is 2.47 bits per heavy atom. The van der Waals surface area contributed by atoms with Crippen molar-refractivity contribution in [1.29, 1.82) is 0 Å². The predicted molar refractivity (Wildman–Crippen MR) is 66.0 cm³/mol. The van der Waals surface area contributed by atoms with Crippen molar-refractivity contribution >= 4 is 0 Å². The highest BCUT2D eigenvalue weighted by atomic mass is 16.5. The van der Waals surface area contributed by atoms with Gasteiger partial charge in [0.2, 0.25) is 0 Å². The molecule has 0 aromatic heterocycles. The summed E-state index contributed by atoms with van der Waals surface area (Å²) < 4.78 is 5.93. The Kier molecular flexibility index (Phi) is 4.64. The van der Waals surface area contributed by atoms with Crippen molar-refractivity contribution in [2.45, 2.75) is 65.4 Å². The highest BCUT2D eigenvalue weighted by Gasteiger charge is 2.43. The van der Waals surface area contributed by atoms with Crippen LogP contribution in [0, 0.1) is 17.8 Å². The summed E-state index contributed by atoms with van der Waals surface area (Å²) in [4.78, 5) is 0. The van der Waals surface area contributed by atoms with Crippen LogP contribution in [-0.2, 0) is 4.74 Å². The third kappa shape index (κ3) is 2.55. The second-order valence-corrected chi connectivity index (χ2v) is 5.50. The minimum atomic E-state index is 0.174. The van der Waals surface area contributed by atoms with E-state index in [4.69, 9.17) is 4.74 Å². The van der Waals surface area contributed by atoms with Crippen LogP contribution in [0.1, 0.15) is 59.8 Å². The van der Waals surface area contributed by atoms with Gasteiger partial charge in [-0.3, -0.25) is 0 Å². The SMILES string of the molecule is CCC(C)C1CCC(C)CC1(CC)OC. The summed E-state index contributed by atoms with van der Waals surface area (Å²) in [5.41, 5.74) is 0.174.